The van der Waals surface area contributed by atoms with E-state index >= 15 is 0 Å². The first-order chi connectivity index (χ1) is 11.2. The molecule has 3 aromatic rings. The molecule has 114 valence electrons. The molecule has 4 heteroatoms. The lowest BCUT2D eigenvalue weighted by molar-refractivity contribution is -0.116. The van der Waals surface area contributed by atoms with Gasteiger partial charge >= 0.3 is 0 Å². The first-order valence-electron chi connectivity index (χ1n) is 7.70. The molecule has 1 fully saturated rings. The molecular weight excluding hydrogens is 288 g/mol. The number of ketones is 1. The molecule has 1 saturated heterocycles. The maximum Gasteiger partial charge on any atom is 0.262 e. The fourth-order valence-corrected chi connectivity index (χ4v) is 3.07. The van der Waals surface area contributed by atoms with E-state index in [0.717, 1.165) is 23.3 Å². The minimum atomic E-state index is -0.0211. The van der Waals surface area contributed by atoms with Gasteiger partial charge < -0.3 is 4.90 Å². The molecule has 0 aliphatic carbocycles. The van der Waals surface area contributed by atoms with Crippen LogP contribution in [0.15, 0.2) is 65.6 Å². The first kappa shape index (κ1) is 13.8. The lowest BCUT2D eigenvalue weighted by Crippen LogP contribution is -2.20. The van der Waals surface area contributed by atoms with Crippen LogP contribution in [0.5, 0.6) is 0 Å². The molecule has 0 N–H and O–H groups in total. The number of rotatable bonds is 2. The zero-order valence-electron chi connectivity index (χ0n) is 12.6. The summed E-state index contributed by atoms with van der Waals surface area (Å²) < 4.78 is 1.65. The molecule has 0 unspecified atom stereocenters. The van der Waals surface area contributed by atoms with Crippen molar-refractivity contribution < 1.29 is 4.79 Å². The highest BCUT2D eigenvalue weighted by Crippen LogP contribution is 2.20. The predicted octanol–water partition coefficient (Wildman–Crippen LogP) is 2.77. The van der Waals surface area contributed by atoms with E-state index in [4.69, 9.17) is 0 Å². The van der Waals surface area contributed by atoms with Crippen LogP contribution in [-0.4, -0.2) is 23.4 Å². The number of nitrogens with zero attached hydrogens (tertiary/aromatic N) is 2. The summed E-state index contributed by atoms with van der Waals surface area (Å²) in [6.45, 7) is 1.25. The van der Waals surface area contributed by atoms with Crippen LogP contribution in [0, 0.1) is 0 Å². The van der Waals surface area contributed by atoms with Crippen molar-refractivity contribution in [1.82, 2.24) is 4.57 Å². The third kappa shape index (κ3) is 2.42. The van der Waals surface area contributed by atoms with Gasteiger partial charge in [0.25, 0.3) is 5.56 Å². The fraction of sp³-hybridized carbons (Fsp3) is 0.158. The van der Waals surface area contributed by atoms with Crippen molar-refractivity contribution in [2.24, 2.45) is 0 Å². The fourth-order valence-electron chi connectivity index (χ4n) is 3.07. The van der Waals surface area contributed by atoms with E-state index < -0.39 is 0 Å². The summed E-state index contributed by atoms with van der Waals surface area (Å²) in [6, 6.07) is 17.3. The highest BCUT2D eigenvalue weighted by Gasteiger charge is 2.19. The van der Waals surface area contributed by atoms with Crippen LogP contribution in [-0.2, 0) is 4.79 Å². The van der Waals surface area contributed by atoms with Gasteiger partial charge in [0.05, 0.1) is 6.54 Å². The Bertz CT molecular complexity index is 941. The van der Waals surface area contributed by atoms with Gasteiger partial charge in [0.15, 0.2) is 5.78 Å². The largest absolute Gasteiger partial charge is 0.364 e. The molecule has 4 rings (SSSR count). The maximum atomic E-state index is 12.6. The Balaban J connectivity index is 1.72. The van der Waals surface area contributed by atoms with Gasteiger partial charge in [-0.05, 0) is 41.8 Å². The number of fused-ring (bicyclic) bond motifs is 1. The number of carbonyl (C=O) groups is 1. The Morgan fingerprint density at radius 2 is 1.57 bits per heavy atom. The lowest BCUT2D eigenvalue weighted by atomic mass is 10.1. The van der Waals surface area contributed by atoms with Gasteiger partial charge in [0, 0.05) is 35.9 Å². The molecule has 4 nitrogen and oxygen atoms in total. The van der Waals surface area contributed by atoms with Gasteiger partial charge in [-0.3, -0.25) is 14.2 Å². The van der Waals surface area contributed by atoms with Crippen molar-refractivity contribution in [2.75, 3.05) is 18.0 Å². The normalized spacial score (nSPS) is 14.6. The van der Waals surface area contributed by atoms with E-state index in [2.05, 4.69) is 4.90 Å². The third-order valence-electron chi connectivity index (χ3n) is 4.33. The topological polar surface area (TPSA) is 42.3 Å². The van der Waals surface area contributed by atoms with E-state index in [1.807, 2.05) is 54.6 Å². The zero-order chi connectivity index (χ0) is 15.8. The molecule has 0 radical (unpaired) electrons. The van der Waals surface area contributed by atoms with Crippen LogP contribution in [0.1, 0.15) is 6.42 Å². The van der Waals surface area contributed by atoms with Gasteiger partial charge in [-0.1, -0.05) is 18.2 Å². The van der Waals surface area contributed by atoms with Crippen LogP contribution in [0.3, 0.4) is 0 Å². The SMILES string of the molecule is O=C1CCN(c2ccc(-n3ccc4ccccc4c3=O)cc2)C1. The monoisotopic (exact) mass is 304 g/mol. The molecule has 23 heavy (non-hydrogen) atoms. The molecule has 1 aromatic heterocycles. The summed E-state index contributed by atoms with van der Waals surface area (Å²) in [4.78, 5) is 26.1. The van der Waals surface area contributed by atoms with Crippen molar-refractivity contribution in [3.05, 3.63) is 71.1 Å². The number of Topliss-reactive ketones (excluding diaryl/α,β-unsaturated/α-hetero) is 1. The molecular formula is C19H16N2O2. The standard InChI is InChI=1S/C19H16N2O2/c22-17-10-11-20(13-17)15-5-7-16(8-6-15)21-12-9-14-3-1-2-4-18(14)19(21)23/h1-9,12H,10-11,13H2. The Morgan fingerprint density at radius 3 is 2.30 bits per heavy atom. The van der Waals surface area contributed by atoms with E-state index in [1.54, 1.807) is 10.8 Å². The van der Waals surface area contributed by atoms with Crippen molar-refractivity contribution in [1.29, 1.82) is 0 Å². The minimum absolute atomic E-state index is 0.0211. The second-order valence-electron chi connectivity index (χ2n) is 5.80. The molecule has 0 bridgehead atoms. The van der Waals surface area contributed by atoms with Gasteiger partial charge in [0.1, 0.15) is 0 Å². The molecule has 1 aliphatic heterocycles. The molecule has 0 atom stereocenters. The number of carbonyl (C=O) groups excluding carboxylic acids is 1. The Hall–Kier alpha value is -2.88. The summed E-state index contributed by atoms with van der Waals surface area (Å²) in [6.07, 6.45) is 2.42. The van der Waals surface area contributed by atoms with Gasteiger partial charge in [-0.15, -0.1) is 0 Å². The Morgan fingerprint density at radius 1 is 0.826 bits per heavy atom. The Kier molecular flexibility index (Phi) is 3.23. The number of aromatic nitrogens is 1. The molecule has 0 saturated carbocycles. The average Bonchev–Trinajstić information content (AvgIpc) is 3.02. The number of hydrogen-bond donors (Lipinski definition) is 0. The smallest absolute Gasteiger partial charge is 0.262 e. The van der Waals surface area contributed by atoms with Crippen LogP contribution in [0.2, 0.25) is 0 Å². The summed E-state index contributed by atoms with van der Waals surface area (Å²) in [5.74, 6) is 0.278. The van der Waals surface area contributed by atoms with E-state index in [9.17, 15) is 9.59 Å². The van der Waals surface area contributed by atoms with Crippen LogP contribution < -0.4 is 10.5 Å². The van der Waals surface area contributed by atoms with Crippen molar-refractivity contribution in [3.63, 3.8) is 0 Å². The average molecular weight is 304 g/mol. The first-order valence-corrected chi connectivity index (χ1v) is 7.70. The van der Waals surface area contributed by atoms with Gasteiger partial charge in [-0.2, -0.15) is 0 Å². The molecule has 1 aliphatic rings. The highest BCUT2D eigenvalue weighted by atomic mass is 16.1. The highest BCUT2D eigenvalue weighted by molar-refractivity contribution is 5.87. The number of hydrogen-bond acceptors (Lipinski definition) is 3. The van der Waals surface area contributed by atoms with Crippen molar-refractivity contribution in [3.8, 4) is 5.69 Å². The summed E-state index contributed by atoms with van der Waals surface area (Å²) in [7, 11) is 0. The molecule has 2 heterocycles. The third-order valence-corrected chi connectivity index (χ3v) is 4.33. The maximum absolute atomic E-state index is 12.6. The quantitative estimate of drug-likeness (QED) is 0.731. The minimum Gasteiger partial charge on any atom is -0.364 e. The van der Waals surface area contributed by atoms with Crippen LogP contribution >= 0.6 is 0 Å². The van der Waals surface area contributed by atoms with Gasteiger partial charge in [-0.25, -0.2) is 0 Å². The second kappa shape index (κ2) is 5.39. The van der Waals surface area contributed by atoms with Gasteiger partial charge in [0.2, 0.25) is 0 Å². The molecule has 0 amide bonds. The van der Waals surface area contributed by atoms with E-state index in [-0.39, 0.29) is 11.3 Å². The summed E-state index contributed by atoms with van der Waals surface area (Å²) >= 11 is 0. The lowest BCUT2D eigenvalue weighted by Gasteiger charge is -2.17. The van der Waals surface area contributed by atoms with E-state index in [1.165, 1.54) is 0 Å². The zero-order valence-corrected chi connectivity index (χ0v) is 12.6. The second-order valence-corrected chi connectivity index (χ2v) is 5.80. The number of anilines is 1. The molecule has 2 aromatic carbocycles. The molecule has 0 spiro atoms. The summed E-state index contributed by atoms with van der Waals surface area (Å²) in [5, 5.41) is 1.66. The van der Waals surface area contributed by atoms with Crippen LogP contribution in [0.4, 0.5) is 5.69 Å². The number of benzene rings is 2. The summed E-state index contributed by atoms with van der Waals surface area (Å²) in [5.41, 5.74) is 1.83. The predicted molar refractivity (Wildman–Crippen MR) is 91.4 cm³/mol. The van der Waals surface area contributed by atoms with Crippen molar-refractivity contribution >= 4 is 22.2 Å². The van der Waals surface area contributed by atoms with Crippen LogP contribution in [0.25, 0.3) is 16.5 Å². The van der Waals surface area contributed by atoms with E-state index in [0.29, 0.717) is 18.4 Å². The number of pyridine rings is 1. The Labute approximate surface area is 133 Å². The van der Waals surface area contributed by atoms with Crippen molar-refractivity contribution in [2.45, 2.75) is 6.42 Å².